The molecule has 0 bridgehead atoms. The molecule has 2 fully saturated rings. The van der Waals surface area contributed by atoms with E-state index in [2.05, 4.69) is 25.7 Å². The van der Waals surface area contributed by atoms with Gasteiger partial charge in [-0.25, -0.2) is 0 Å². The number of rotatable bonds is 3. The third kappa shape index (κ3) is 1.75. The zero-order chi connectivity index (χ0) is 10.1. The highest BCUT2D eigenvalue weighted by Gasteiger charge is 2.38. The summed E-state index contributed by atoms with van der Waals surface area (Å²) in [5, 5.41) is 3.48. The van der Waals surface area contributed by atoms with Gasteiger partial charge in [-0.15, -0.1) is 0 Å². The highest BCUT2D eigenvalue weighted by atomic mass is 14.9. The summed E-state index contributed by atoms with van der Waals surface area (Å²) in [6.07, 6.45) is 4.22. The highest BCUT2D eigenvalue weighted by molar-refractivity contribution is 5.06. The maximum absolute atomic E-state index is 4.12. The summed E-state index contributed by atoms with van der Waals surface area (Å²) >= 11 is 0. The normalized spacial score (nSPS) is 39.1. The second-order valence-electron chi connectivity index (χ2n) is 5.31. The molecule has 1 nitrogen and oxygen atoms in total. The number of allylic oxidation sites excluding steroid dienone is 1. The van der Waals surface area contributed by atoms with Gasteiger partial charge in [-0.05, 0) is 62.9 Å². The summed E-state index contributed by atoms with van der Waals surface area (Å²) in [5.41, 5.74) is 1.42. The Bertz CT molecular complexity index is 215. The monoisotopic (exact) mass is 193 g/mol. The van der Waals surface area contributed by atoms with Crippen molar-refractivity contribution in [3.8, 4) is 0 Å². The van der Waals surface area contributed by atoms with Crippen LogP contribution in [0.5, 0.6) is 0 Å². The molecule has 2 rings (SSSR count). The van der Waals surface area contributed by atoms with E-state index >= 15 is 0 Å². The van der Waals surface area contributed by atoms with E-state index in [1.165, 1.54) is 37.9 Å². The Morgan fingerprint density at radius 2 is 2.14 bits per heavy atom. The zero-order valence-corrected chi connectivity index (χ0v) is 9.55. The van der Waals surface area contributed by atoms with E-state index in [1.54, 1.807) is 0 Å². The predicted octanol–water partition coefficient (Wildman–Crippen LogP) is 2.83. The van der Waals surface area contributed by atoms with Crippen molar-refractivity contribution in [3.63, 3.8) is 0 Å². The molecule has 0 amide bonds. The Morgan fingerprint density at radius 3 is 2.57 bits per heavy atom. The van der Waals surface area contributed by atoms with E-state index in [9.17, 15) is 0 Å². The van der Waals surface area contributed by atoms with E-state index in [-0.39, 0.29) is 0 Å². The van der Waals surface area contributed by atoms with Crippen molar-refractivity contribution in [2.75, 3.05) is 13.1 Å². The fraction of sp³-hybridized carbons (Fsp3) is 0.846. The molecule has 0 aromatic rings. The maximum Gasteiger partial charge on any atom is -0.00174 e. The van der Waals surface area contributed by atoms with Crippen molar-refractivity contribution in [2.24, 2.45) is 23.7 Å². The number of hydrogen-bond acceptors (Lipinski definition) is 1. The van der Waals surface area contributed by atoms with Gasteiger partial charge in [-0.3, -0.25) is 0 Å². The SMILES string of the molecule is C=C(C)C1CCC1C(C)C1CCNC1. The maximum atomic E-state index is 4.12. The molecule has 2 aliphatic rings. The molecule has 1 aliphatic heterocycles. The summed E-state index contributed by atoms with van der Waals surface area (Å²) < 4.78 is 0. The van der Waals surface area contributed by atoms with Crippen molar-refractivity contribution in [1.29, 1.82) is 0 Å². The van der Waals surface area contributed by atoms with Crippen LogP contribution in [0.2, 0.25) is 0 Å². The first-order valence-corrected chi connectivity index (χ1v) is 6.06. The summed E-state index contributed by atoms with van der Waals surface area (Å²) in [6.45, 7) is 11.3. The molecule has 80 valence electrons. The first-order chi connectivity index (χ1) is 6.70. The van der Waals surface area contributed by atoms with Gasteiger partial charge in [0.2, 0.25) is 0 Å². The van der Waals surface area contributed by atoms with Crippen LogP contribution in [-0.4, -0.2) is 13.1 Å². The van der Waals surface area contributed by atoms with E-state index in [4.69, 9.17) is 0 Å². The molecule has 1 heterocycles. The topological polar surface area (TPSA) is 12.0 Å². The molecular formula is C13H23N. The first kappa shape index (κ1) is 10.2. The summed E-state index contributed by atoms with van der Waals surface area (Å²) in [5.74, 6) is 3.62. The van der Waals surface area contributed by atoms with Crippen molar-refractivity contribution >= 4 is 0 Å². The van der Waals surface area contributed by atoms with Gasteiger partial charge in [0, 0.05) is 0 Å². The minimum absolute atomic E-state index is 0.839. The fourth-order valence-corrected chi connectivity index (χ4v) is 3.24. The number of nitrogens with one attached hydrogen (secondary N) is 1. The minimum atomic E-state index is 0.839. The first-order valence-electron chi connectivity index (χ1n) is 6.06. The Morgan fingerprint density at radius 1 is 1.36 bits per heavy atom. The second-order valence-corrected chi connectivity index (χ2v) is 5.31. The van der Waals surface area contributed by atoms with E-state index < -0.39 is 0 Å². The standard InChI is InChI=1S/C13H23N/c1-9(2)12-4-5-13(12)10(3)11-6-7-14-8-11/h10-14H,1,4-8H2,2-3H3. The summed E-state index contributed by atoms with van der Waals surface area (Å²) in [6, 6.07) is 0. The van der Waals surface area contributed by atoms with Gasteiger partial charge in [0.05, 0.1) is 0 Å². The van der Waals surface area contributed by atoms with Gasteiger partial charge in [-0.2, -0.15) is 0 Å². The molecule has 4 atom stereocenters. The lowest BCUT2D eigenvalue weighted by Crippen LogP contribution is -2.36. The van der Waals surface area contributed by atoms with Crippen molar-refractivity contribution in [3.05, 3.63) is 12.2 Å². The van der Waals surface area contributed by atoms with Crippen LogP contribution in [0.15, 0.2) is 12.2 Å². The average Bonchev–Trinajstić information content (AvgIpc) is 2.51. The molecule has 14 heavy (non-hydrogen) atoms. The van der Waals surface area contributed by atoms with Gasteiger partial charge < -0.3 is 5.32 Å². The largest absolute Gasteiger partial charge is 0.316 e. The Hall–Kier alpha value is -0.300. The average molecular weight is 193 g/mol. The van der Waals surface area contributed by atoms with Crippen LogP contribution in [0.25, 0.3) is 0 Å². The molecule has 1 aliphatic carbocycles. The molecule has 4 unspecified atom stereocenters. The van der Waals surface area contributed by atoms with Crippen molar-refractivity contribution in [2.45, 2.75) is 33.1 Å². The second kappa shape index (κ2) is 4.06. The Balaban J connectivity index is 1.91. The van der Waals surface area contributed by atoms with Crippen LogP contribution < -0.4 is 5.32 Å². The fourth-order valence-electron chi connectivity index (χ4n) is 3.24. The molecule has 1 N–H and O–H groups in total. The van der Waals surface area contributed by atoms with Gasteiger partial charge >= 0.3 is 0 Å². The van der Waals surface area contributed by atoms with Crippen molar-refractivity contribution in [1.82, 2.24) is 5.32 Å². The van der Waals surface area contributed by atoms with Crippen LogP contribution in [0.4, 0.5) is 0 Å². The van der Waals surface area contributed by atoms with Crippen LogP contribution in [0.3, 0.4) is 0 Å². The summed E-state index contributed by atoms with van der Waals surface area (Å²) in [7, 11) is 0. The van der Waals surface area contributed by atoms with Crippen LogP contribution in [-0.2, 0) is 0 Å². The lowest BCUT2D eigenvalue weighted by molar-refractivity contribution is 0.107. The minimum Gasteiger partial charge on any atom is -0.316 e. The molecular weight excluding hydrogens is 170 g/mol. The van der Waals surface area contributed by atoms with E-state index in [1.807, 2.05) is 0 Å². The predicted molar refractivity (Wildman–Crippen MR) is 61.2 cm³/mol. The van der Waals surface area contributed by atoms with Crippen LogP contribution in [0, 0.1) is 23.7 Å². The molecule has 0 aromatic carbocycles. The van der Waals surface area contributed by atoms with Gasteiger partial charge in [0.25, 0.3) is 0 Å². The molecule has 1 heteroatoms. The number of hydrogen-bond donors (Lipinski definition) is 1. The molecule has 0 spiro atoms. The van der Waals surface area contributed by atoms with Gasteiger partial charge in [-0.1, -0.05) is 19.1 Å². The molecule has 0 radical (unpaired) electrons. The molecule has 1 saturated carbocycles. The molecule has 1 saturated heterocycles. The third-order valence-corrected chi connectivity index (χ3v) is 4.48. The quantitative estimate of drug-likeness (QED) is 0.680. The smallest absolute Gasteiger partial charge is 0.00174 e. The third-order valence-electron chi connectivity index (χ3n) is 4.48. The lowest BCUT2D eigenvalue weighted by atomic mass is 9.62. The van der Waals surface area contributed by atoms with Crippen LogP contribution >= 0.6 is 0 Å². The van der Waals surface area contributed by atoms with Gasteiger partial charge in [0.1, 0.15) is 0 Å². The summed E-state index contributed by atoms with van der Waals surface area (Å²) in [4.78, 5) is 0. The highest BCUT2D eigenvalue weighted by Crippen LogP contribution is 2.46. The lowest BCUT2D eigenvalue weighted by Gasteiger charge is -2.43. The Kier molecular flexibility index (Phi) is 2.96. The zero-order valence-electron chi connectivity index (χ0n) is 9.55. The van der Waals surface area contributed by atoms with Gasteiger partial charge in [0.15, 0.2) is 0 Å². The Labute approximate surface area is 88.0 Å². The van der Waals surface area contributed by atoms with E-state index in [0.717, 1.165) is 23.7 Å². The molecule has 0 aromatic heterocycles. The van der Waals surface area contributed by atoms with Crippen molar-refractivity contribution < 1.29 is 0 Å². The van der Waals surface area contributed by atoms with E-state index in [0.29, 0.717) is 0 Å². The van der Waals surface area contributed by atoms with Crippen LogP contribution in [0.1, 0.15) is 33.1 Å².